The van der Waals surface area contributed by atoms with Crippen molar-refractivity contribution in [3.8, 4) is 5.75 Å². The van der Waals surface area contributed by atoms with Crippen molar-refractivity contribution in [2.45, 2.75) is 20.0 Å². The number of hydrogen-bond donors (Lipinski definition) is 1. The smallest absolute Gasteiger partial charge is 0.354 e. The molecule has 0 amide bonds. The normalized spacial score (nSPS) is 10.3. The Morgan fingerprint density at radius 3 is 2.67 bits per heavy atom. The van der Waals surface area contributed by atoms with Gasteiger partial charge in [0.25, 0.3) is 0 Å². The van der Waals surface area contributed by atoms with Crippen molar-refractivity contribution in [3.63, 3.8) is 0 Å². The Balaban J connectivity index is 1.95. The van der Waals surface area contributed by atoms with Crippen molar-refractivity contribution in [3.05, 3.63) is 45.9 Å². The third-order valence-corrected chi connectivity index (χ3v) is 3.61. The van der Waals surface area contributed by atoms with Gasteiger partial charge in [-0.05, 0) is 30.7 Å². The van der Waals surface area contributed by atoms with E-state index in [9.17, 15) is 4.79 Å². The molecule has 4 nitrogen and oxygen atoms in total. The van der Waals surface area contributed by atoms with Crippen LogP contribution in [0.2, 0.25) is 0 Å². The van der Waals surface area contributed by atoms with Gasteiger partial charge < -0.3 is 9.84 Å². The topological polar surface area (TPSA) is 59.4 Å². The molecule has 0 bridgehead atoms. The van der Waals surface area contributed by atoms with Crippen LogP contribution in [-0.4, -0.2) is 16.1 Å². The Morgan fingerprint density at radius 2 is 2.11 bits per heavy atom. The van der Waals surface area contributed by atoms with E-state index in [4.69, 9.17) is 9.84 Å². The van der Waals surface area contributed by atoms with Gasteiger partial charge in [0.15, 0.2) is 0 Å². The zero-order valence-electron chi connectivity index (χ0n) is 9.92. The predicted octanol–water partition coefficient (Wildman–Crippen LogP) is 2.98. The zero-order chi connectivity index (χ0) is 13.0. The second-order valence-corrected chi connectivity index (χ2v) is 4.95. The monoisotopic (exact) mass is 263 g/mol. The second-order valence-electron chi connectivity index (χ2n) is 3.69. The third-order valence-electron chi connectivity index (χ3n) is 2.40. The molecule has 0 aromatic carbocycles. The van der Waals surface area contributed by atoms with Crippen LogP contribution >= 0.6 is 11.3 Å². The van der Waals surface area contributed by atoms with E-state index in [0.717, 1.165) is 11.3 Å². The average molecular weight is 263 g/mol. The molecule has 0 saturated heterocycles. The highest BCUT2D eigenvalue weighted by Gasteiger charge is 2.04. The summed E-state index contributed by atoms with van der Waals surface area (Å²) in [7, 11) is 0. The number of rotatable bonds is 5. The van der Waals surface area contributed by atoms with Crippen molar-refractivity contribution in [1.29, 1.82) is 0 Å². The van der Waals surface area contributed by atoms with Crippen LogP contribution in [0, 0.1) is 0 Å². The van der Waals surface area contributed by atoms with Gasteiger partial charge in [0.1, 0.15) is 18.1 Å². The number of aromatic nitrogens is 1. The van der Waals surface area contributed by atoms with Crippen molar-refractivity contribution >= 4 is 17.3 Å². The first-order valence-corrected chi connectivity index (χ1v) is 6.40. The van der Waals surface area contributed by atoms with Crippen LogP contribution in [0.25, 0.3) is 0 Å². The van der Waals surface area contributed by atoms with Gasteiger partial charge in [-0.2, -0.15) is 0 Å². The SMILES string of the molecule is CCc1ccc(COc2ccc(C(=O)O)nc2)s1. The van der Waals surface area contributed by atoms with E-state index in [1.165, 1.54) is 17.1 Å². The van der Waals surface area contributed by atoms with E-state index in [0.29, 0.717) is 12.4 Å². The van der Waals surface area contributed by atoms with E-state index in [1.54, 1.807) is 17.4 Å². The van der Waals surface area contributed by atoms with Gasteiger partial charge in [-0.1, -0.05) is 6.92 Å². The van der Waals surface area contributed by atoms with Crippen LogP contribution in [0.3, 0.4) is 0 Å². The van der Waals surface area contributed by atoms with Crippen LogP contribution in [0.5, 0.6) is 5.75 Å². The number of aryl methyl sites for hydroxylation is 1. The molecule has 2 aromatic rings. The van der Waals surface area contributed by atoms with Gasteiger partial charge in [0, 0.05) is 9.75 Å². The summed E-state index contributed by atoms with van der Waals surface area (Å²) in [6.07, 6.45) is 2.46. The van der Waals surface area contributed by atoms with Crippen LogP contribution in [0.1, 0.15) is 27.2 Å². The number of carboxylic acid groups (broad SMARTS) is 1. The first-order valence-electron chi connectivity index (χ1n) is 5.58. The molecule has 0 aliphatic heterocycles. The van der Waals surface area contributed by atoms with Crippen LogP contribution in [0.4, 0.5) is 0 Å². The Bertz CT molecular complexity index is 533. The lowest BCUT2D eigenvalue weighted by Gasteiger charge is -2.03. The highest BCUT2D eigenvalue weighted by molar-refractivity contribution is 7.11. The minimum absolute atomic E-state index is 0.0201. The van der Waals surface area contributed by atoms with Crippen molar-refractivity contribution in [2.24, 2.45) is 0 Å². The molecule has 94 valence electrons. The molecule has 1 N–H and O–H groups in total. The maximum Gasteiger partial charge on any atom is 0.354 e. The fourth-order valence-electron chi connectivity index (χ4n) is 1.44. The van der Waals surface area contributed by atoms with Gasteiger partial charge in [-0.3, -0.25) is 0 Å². The number of pyridine rings is 1. The summed E-state index contributed by atoms with van der Waals surface area (Å²) in [5, 5.41) is 8.71. The number of carbonyl (C=O) groups is 1. The molecule has 2 heterocycles. The molecule has 0 atom stereocenters. The number of carboxylic acids is 1. The summed E-state index contributed by atoms with van der Waals surface area (Å²) in [6, 6.07) is 7.19. The van der Waals surface area contributed by atoms with E-state index in [2.05, 4.69) is 18.0 Å². The maximum absolute atomic E-state index is 10.6. The highest BCUT2D eigenvalue weighted by atomic mass is 32.1. The lowest BCUT2D eigenvalue weighted by molar-refractivity contribution is 0.0690. The van der Waals surface area contributed by atoms with Gasteiger partial charge >= 0.3 is 5.97 Å². The van der Waals surface area contributed by atoms with Crippen LogP contribution in [-0.2, 0) is 13.0 Å². The molecule has 0 unspecified atom stereocenters. The molecule has 2 rings (SSSR count). The fourth-order valence-corrected chi connectivity index (χ4v) is 2.31. The molecular formula is C13H13NO3S. The van der Waals surface area contributed by atoms with Gasteiger partial charge in [0.05, 0.1) is 6.20 Å². The van der Waals surface area contributed by atoms with E-state index in [1.807, 2.05) is 6.07 Å². The largest absolute Gasteiger partial charge is 0.486 e. The summed E-state index contributed by atoms with van der Waals surface area (Å²) in [6.45, 7) is 2.60. The fraction of sp³-hybridized carbons (Fsp3) is 0.231. The lowest BCUT2D eigenvalue weighted by Crippen LogP contribution is -2.00. The standard InChI is InChI=1S/C13H13NO3S/c1-2-10-4-5-11(18-10)8-17-9-3-6-12(13(15)16)14-7-9/h3-7H,2,8H2,1H3,(H,15,16). The summed E-state index contributed by atoms with van der Waals surface area (Å²) in [5.74, 6) is -0.459. The molecule has 0 radical (unpaired) electrons. The minimum atomic E-state index is -1.03. The lowest BCUT2D eigenvalue weighted by atomic mass is 10.3. The number of aromatic carboxylic acids is 1. The number of nitrogens with zero attached hydrogens (tertiary/aromatic N) is 1. The molecule has 0 saturated carbocycles. The first kappa shape index (κ1) is 12.6. The van der Waals surface area contributed by atoms with Crippen LogP contribution in [0.15, 0.2) is 30.5 Å². The Morgan fingerprint density at radius 1 is 1.33 bits per heavy atom. The van der Waals surface area contributed by atoms with E-state index < -0.39 is 5.97 Å². The number of hydrogen-bond acceptors (Lipinski definition) is 4. The van der Waals surface area contributed by atoms with E-state index >= 15 is 0 Å². The van der Waals surface area contributed by atoms with E-state index in [-0.39, 0.29) is 5.69 Å². The quantitative estimate of drug-likeness (QED) is 0.901. The summed E-state index contributed by atoms with van der Waals surface area (Å²) in [4.78, 5) is 16.9. The highest BCUT2D eigenvalue weighted by Crippen LogP contribution is 2.19. The summed E-state index contributed by atoms with van der Waals surface area (Å²) >= 11 is 1.72. The molecule has 0 aliphatic rings. The van der Waals surface area contributed by atoms with Gasteiger partial charge in [-0.25, -0.2) is 9.78 Å². The Labute approximate surface area is 109 Å². The molecule has 0 fully saturated rings. The predicted molar refractivity (Wildman–Crippen MR) is 69.2 cm³/mol. The summed E-state index contributed by atoms with van der Waals surface area (Å²) < 4.78 is 5.54. The number of ether oxygens (including phenoxy) is 1. The molecule has 0 spiro atoms. The molecule has 18 heavy (non-hydrogen) atoms. The molecule has 5 heteroatoms. The zero-order valence-corrected chi connectivity index (χ0v) is 10.7. The average Bonchev–Trinajstić information content (AvgIpc) is 2.85. The van der Waals surface area contributed by atoms with Crippen LogP contribution < -0.4 is 4.74 Å². The van der Waals surface area contributed by atoms with Crippen molar-refractivity contribution < 1.29 is 14.6 Å². The third kappa shape index (κ3) is 3.07. The Hall–Kier alpha value is -1.88. The molecular weight excluding hydrogens is 250 g/mol. The maximum atomic E-state index is 10.6. The van der Waals surface area contributed by atoms with Gasteiger partial charge in [-0.15, -0.1) is 11.3 Å². The first-order chi connectivity index (χ1) is 8.69. The summed E-state index contributed by atoms with van der Waals surface area (Å²) in [5.41, 5.74) is 0.0201. The minimum Gasteiger partial charge on any atom is -0.486 e. The number of thiophene rings is 1. The van der Waals surface area contributed by atoms with Gasteiger partial charge in [0.2, 0.25) is 0 Å². The second kappa shape index (κ2) is 5.64. The van der Waals surface area contributed by atoms with Crippen molar-refractivity contribution in [1.82, 2.24) is 4.98 Å². The Kier molecular flexibility index (Phi) is 3.94. The van der Waals surface area contributed by atoms with Crippen molar-refractivity contribution in [2.75, 3.05) is 0 Å². The molecule has 2 aromatic heterocycles. The molecule has 0 aliphatic carbocycles.